The summed E-state index contributed by atoms with van der Waals surface area (Å²) in [7, 11) is 0. The van der Waals surface area contributed by atoms with Crippen LogP contribution in [0.3, 0.4) is 0 Å². The Balaban J connectivity index is 1.75. The average molecular weight is 287 g/mol. The number of nitrogens with zero attached hydrogens (tertiary/aromatic N) is 3. The van der Waals surface area contributed by atoms with Crippen molar-refractivity contribution in [2.24, 2.45) is 0 Å². The van der Waals surface area contributed by atoms with Crippen molar-refractivity contribution in [3.05, 3.63) is 35.1 Å². The molecule has 0 saturated carbocycles. The highest BCUT2D eigenvalue weighted by atomic mass is 32.1. The van der Waals surface area contributed by atoms with E-state index in [9.17, 15) is 0 Å². The van der Waals surface area contributed by atoms with Crippen LogP contribution in [0.2, 0.25) is 0 Å². The number of rotatable bonds is 5. The molecule has 1 aromatic carbocycles. The largest absolute Gasteiger partial charge is 0.350 e. The van der Waals surface area contributed by atoms with Crippen molar-refractivity contribution in [2.45, 2.75) is 32.7 Å². The van der Waals surface area contributed by atoms with E-state index in [-0.39, 0.29) is 6.04 Å². The number of hydrogen-bond donors (Lipinski definition) is 2. The Kier molecular flexibility index (Phi) is 3.64. The molecule has 0 aliphatic rings. The Morgan fingerprint density at radius 3 is 2.95 bits per heavy atom. The lowest BCUT2D eigenvalue weighted by Crippen LogP contribution is -2.08. The van der Waals surface area contributed by atoms with Gasteiger partial charge in [-0.2, -0.15) is 0 Å². The number of aromatic nitrogens is 4. The molecule has 0 fully saturated rings. The Morgan fingerprint density at radius 2 is 2.15 bits per heavy atom. The van der Waals surface area contributed by atoms with E-state index in [1.54, 1.807) is 11.3 Å². The number of para-hydroxylation sites is 2. The van der Waals surface area contributed by atoms with Crippen LogP contribution < -0.4 is 5.32 Å². The summed E-state index contributed by atoms with van der Waals surface area (Å²) in [6.07, 6.45) is 2.08. The first kappa shape index (κ1) is 13.1. The number of nitrogens with one attached hydrogen (secondary N) is 2. The third-order valence-electron chi connectivity index (χ3n) is 3.09. The molecular weight excluding hydrogens is 270 g/mol. The van der Waals surface area contributed by atoms with Gasteiger partial charge in [-0.15, -0.1) is 10.2 Å². The molecule has 0 spiro atoms. The van der Waals surface area contributed by atoms with Crippen LogP contribution >= 0.6 is 11.3 Å². The lowest BCUT2D eigenvalue weighted by Gasteiger charge is -2.08. The Morgan fingerprint density at radius 1 is 1.30 bits per heavy atom. The minimum Gasteiger partial charge on any atom is -0.350 e. The van der Waals surface area contributed by atoms with Crippen LogP contribution in [0.25, 0.3) is 11.0 Å². The fraction of sp³-hybridized carbons (Fsp3) is 0.357. The Hall–Kier alpha value is -1.95. The first-order chi connectivity index (χ1) is 9.76. The van der Waals surface area contributed by atoms with Crippen molar-refractivity contribution in [2.75, 3.05) is 5.32 Å². The van der Waals surface area contributed by atoms with E-state index >= 15 is 0 Å². The molecule has 20 heavy (non-hydrogen) atoms. The molecule has 2 N–H and O–H groups in total. The normalized spacial score (nSPS) is 12.7. The van der Waals surface area contributed by atoms with Gasteiger partial charge in [-0.1, -0.05) is 30.4 Å². The number of benzene rings is 1. The lowest BCUT2D eigenvalue weighted by molar-refractivity contribution is 0.807. The fourth-order valence-electron chi connectivity index (χ4n) is 2.06. The molecule has 5 nitrogen and oxygen atoms in total. The zero-order valence-electron chi connectivity index (χ0n) is 11.6. The van der Waals surface area contributed by atoms with Crippen LogP contribution in [0.4, 0.5) is 5.13 Å². The van der Waals surface area contributed by atoms with Crippen LogP contribution in [0.5, 0.6) is 0 Å². The highest BCUT2D eigenvalue weighted by Crippen LogP contribution is 2.23. The van der Waals surface area contributed by atoms with Gasteiger partial charge in [0.05, 0.1) is 17.1 Å². The van der Waals surface area contributed by atoms with E-state index in [4.69, 9.17) is 0 Å². The minimum absolute atomic E-state index is 0.0739. The maximum absolute atomic E-state index is 4.59. The van der Waals surface area contributed by atoms with Gasteiger partial charge in [-0.25, -0.2) is 4.98 Å². The number of imidazole rings is 1. The van der Waals surface area contributed by atoms with Gasteiger partial charge in [-0.3, -0.25) is 0 Å². The number of hydrogen-bond acceptors (Lipinski definition) is 5. The molecule has 3 aromatic rings. The third kappa shape index (κ3) is 2.65. The van der Waals surface area contributed by atoms with Crippen LogP contribution in [0, 0.1) is 0 Å². The molecule has 6 heteroatoms. The fourth-order valence-corrected chi connectivity index (χ4v) is 2.99. The molecule has 0 radical (unpaired) electrons. The SMILES string of the molecule is CCCc1nnc(NC(C)c2nc3ccccc3[nH]2)s1. The maximum Gasteiger partial charge on any atom is 0.206 e. The molecule has 0 aliphatic heterocycles. The maximum atomic E-state index is 4.59. The number of anilines is 1. The van der Waals surface area contributed by atoms with Gasteiger partial charge in [-0.05, 0) is 25.5 Å². The molecule has 0 amide bonds. The molecule has 1 unspecified atom stereocenters. The first-order valence-electron chi connectivity index (χ1n) is 6.80. The second kappa shape index (κ2) is 5.58. The Labute approximate surface area is 121 Å². The van der Waals surface area contributed by atoms with Crippen molar-refractivity contribution >= 4 is 27.5 Å². The van der Waals surface area contributed by atoms with Crippen molar-refractivity contribution < 1.29 is 0 Å². The molecule has 0 bridgehead atoms. The van der Waals surface area contributed by atoms with Gasteiger partial charge < -0.3 is 10.3 Å². The summed E-state index contributed by atoms with van der Waals surface area (Å²) in [6.45, 7) is 4.21. The zero-order valence-corrected chi connectivity index (χ0v) is 12.4. The number of H-pyrrole nitrogens is 1. The van der Waals surface area contributed by atoms with Crippen molar-refractivity contribution in [3.63, 3.8) is 0 Å². The van der Waals surface area contributed by atoms with Crippen LogP contribution in [-0.2, 0) is 6.42 Å². The minimum atomic E-state index is 0.0739. The number of aryl methyl sites for hydroxylation is 1. The first-order valence-corrected chi connectivity index (χ1v) is 7.61. The molecule has 0 aliphatic carbocycles. The summed E-state index contributed by atoms with van der Waals surface area (Å²) in [4.78, 5) is 7.92. The van der Waals surface area contributed by atoms with Gasteiger partial charge in [0.1, 0.15) is 10.8 Å². The third-order valence-corrected chi connectivity index (χ3v) is 4.00. The molecule has 2 aromatic heterocycles. The second-order valence-electron chi connectivity index (χ2n) is 4.76. The molecule has 3 rings (SSSR count). The van der Waals surface area contributed by atoms with Crippen molar-refractivity contribution in [1.29, 1.82) is 0 Å². The summed E-state index contributed by atoms with van der Waals surface area (Å²) in [5.74, 6) is 0.915. The van der Waals surface area contributed by atoms with Crippen LogP contribution in [-0.4, -0.2) is 20.2 Å². The van der Waals surface area contributed by atoms with Crippen LogP contribution in [0.15, 0.2) is 24.3 Å². The predicted molar refractivity (Wildman–Crippen MR) is 82.0 cm³/mol. The topological polar surface area (TPSA) is 66.5 Å². The molecular formula is C14H17N5S. The highest BCUT2D eigenvalue weighted by Gasteiger charge is 2.12. The lowest BCUT2D eigenvalue weighted by atomic mass is 10.3. The Bertz CT molecular complexity index is 669. The van der Waals surface area contributed by atoms with Crippen molar-refractivity contribution in [3.8, 4) is 0 Å². The quantitative estimate of drug-likeness (QED) is 0.753. The van der Waals surface area contributed by atoms with E-state index < -0.39 is 0 Å². The molecule has 104 valence electrons. The van der Waals surface area contributed by atoms with E-state index in [1.165, 1.54) is 0 Å². The second-order valence-corrected chi connectivity index (χ2v) is 5.82. The van der Waals surface area contributed by atoms with E-state index in [0.717, 1.165) is 39.8 Å². The van der Waals surface area contributed by atoms with Gasteiger partial charge in [0.15, 0.2) is 0 Å². The zero-order chi connectivity index (χ0) is 13.9. The van der Waals surface area contributed by atoms with E-state index in [1.807, 2.05) is 24.3 Å². The van der Waals surface area contributed by atoms with Crippen molar-refractivity contribution in [1.82, 2.24) is 20.2 Å². The van der Waals surface area contributed by atoms with Gasteiger partial charge in [0.25, 0.3) is 0 Å². The van der Waals surface area contributed by atoms with Gasteiger partial charge in [0, 0.05) is 6.42 Å². The predicted octanol–water partition coefficient (Wildman–Crippen LogP) is 3.54. The number of aromatic amines is 1. The monoisotopic (exact) mass is 287 g/mol. The van der Waals surface area contributed by atoms with Gasteiger partial charge in [0.2, 0.25) is 5.13 Å². The average Bonchev–Trinajstić information content (AvgIpc) is 3.05. The summed E-state index contributed by atoms with van der Waals surface area (Å²) < 4.78 is 0. The standard InChI is InChI=1S/C14H17N5S/c1-3-6-12-18-19-14(20-12)15-9(2)13-16-10-7-4-5-8-11(10)17-13/h4-5,7-9H,3,6H2,1-2H3,(H,15,19)(H,16,17). The number of fused-ring (bicyclic) bond motifs is 1. The smallest absolute Gasteiger partial charge is 0.206 e. The summed E-state index contributed by atoms with van der Waals surface area (Å²) in [5.41, 5.74) is 2.04. The molecule has 2 heterocycles. The van der Waals surface area contributed by atoms with Crippen LogP contribution in [0.1, 0.15) is 37.1 Å². The summed E-state index contributed by atoms with van der Waals surface area (Å²) in [6, 6.07) is 8.11. The van der Waals surface area contributed by atoms with E-state index in [2.05, 4.69) is 39.3 Å². The molecule has 1 atom stereocenters. The summed E-state index contributed by atoms with van der Waals surface area (Å²) >= 11 is 1.61. The van der Waals surface area contributed by atoms with E-state index in [0.29, 0.717) is 0 Å². The highest BCUT2D eigenvalue weighted by molar-refractivity contribution is 7.15. The molecule has 0 saturated heterocycles. The van der Waals surface area contributed by atoms with Gasteiger partial charge >= 0.3 is 0 Å². The summed E-state index contributed by atoms with van der Waals surface area (Å²) in [5, 5.41) is 13.6.